The molecule has 0 bridgehead atoms. The van der Waals surface area contributed by atoms with E-state index in [4.69, 9.17) is 0 Å². The molecule has 0 atom stereocenters. The van der Waals surface area contributed by atoms with Gasteiger partial charge in [0.05, 0.1) is 0 Å². The number of para-hydroxylation sites is 4. The summed E-state index contributed by atoms with van der Waals surface area (Å²) in [6.45, 7) is 0. The molecule has 52 heavy (non-hydrogen) atoms. The Labute approximate surface area is 305 Å². The van der Waals surface area contributed by atoms with Gasteiger partial charge in [0.15, 0.2) is 0 Å². The minimum absolute atomic E-state index is 1.05. The number of anilines is 10. The number of rotatable bonds is 11. The Morgan fingerprint density at radius 2 is 0.442 bits per heavy atom. The second-order valence-electron chi connectivity index (χ2n) is 12.5. The molecule has 0 aliphatic heterocycles. The van der Waals surface area contributed by atoms with Gasteiger partial charge in [-0.1, -0.05) is 97.1 Å². The summed E-state index contributed by atoms with van der Waals surface area (Å²) in [7, 11) is 0. The predicted molar refractivity (Wildman–Crippen MR) is 221 cm³/mol. The van der Waals surface area contributed by atoms with Crippen LogP contribution in [-0.2, 0) is 0 Å². The van der Waals surface area contributed by atoms with Crippen LogP contribution in [0.1, 0.15) is 0 Å². The third-order valence-electron chi connectivity index (χ3n) is 8.99. The Morgan fingerprint density at radius 1 is 0.212 bits per heavy atom. The molecule has 0 spiro atoms. The molecule has 4 heteroatoms. The lowest BCUT2D eigenvalue weighted by Crippen LogP contribution is -2.10. The lowest BCUT2D eigenvalue weighted by atomic mass is 10.0. The maximum absolute atomic E-state index is 3.49. The van der Waals surface area contributed by atoms with E-state index in [-0.39, 0.29) is 0 Å². The van der Waals surface area contributed by atoms with E-state index < -0.39 is 0 Å². The van der Waals surface area contributed by atoms with Gasteiger partial charge >= 0.3 is 0 Å². The Hall–Kier alpha value is -7.04. The van der Waals surface area contributed by atoms with Crippen molar-refractivity contribution < 1.29 is 0 Å². The molecule has 0 radical (unpaired) electrons. The molecule has 0 saturated heterocycles. The van der Waals surface area contributed by atoms with Gasteiger partial charge in [-0.05, 0) is 132 Å². The van der Waals surface area contributed by atoms with Crippen molar-refractivity contribution in [2.24, 2.45) is 0 Å². The number of benzene rings is 8. The van der Waals surface area contributed by atoms with Gasteiger partial charge in [-0.25, -0.2) is 0 Å². The molecule has 0 heterocycles. The summed E-state index contributed by atoms with van der Waals surface area (Å²) >= 11 is 0. The molecule has 0 aliphatic carbocycles. The van der Waals surface area contributed by atoms with Gasteiger partial charge < -0.3 is 20.4 Å². The van der Waals surface area contributed by atoms with Crippen molar-refractivity contribution in [3.05, 3.63) is 218 Å². The fourth-order valence-electron chi connectivity index (χ4n) is 6.42. The third-order valence-corrected chi connectivity index (χ3v) is 8.99. The van der Waals surface area contributed by atoms with E-state index >= 15 is 0 Å². The molecule has 0 saturated carbocycles. The molecular formula is C48H38N4. The van der Waals surface area contributed by atoms with Crippen LogP contribution in [0.25, 0.3) is 11.1 Å². The Morgan fingerprint density at radius 3 is 0.750 bits per heavy atom. The average molecular weight is 671 g/mol. The predicted octanol–water partition coefficient (Wildman–Crippen LogP) is 13.8. The summed E-state index contributed by atoms with van der Waals surface area (Å²) in [4.78, 5) is 4.58. The standard InChI is InChI=1S/C48H38N4/c1-5-13-39(14-6-1)49-41-25-33-47(34-26-41)51(43-17-9-3-10-18-43)45-29-21-37(22-30-45)38-23-31-46(32-24-38)52(44-19-11-4-12-20-44)48-35-27-42(28-36-48)50-40-15-7-2-8-16-40/h1-36,49-50H. The molecule has 0 amide bonds. The molecule has 8 rings (SSSR count). The van der Waals surface area contributed by atoms with Crippen LogP contribution >= 0.6 is 0 Å². The molecule has 2 N–H and O–H groups in total. The maximum Gasteiger partial charge on any atom is 0.0463 e. The van der Waals surface area contributed by atoms with Crippen LogP contribution in [0.3, 0.4) is 0 Å². The molecule has 0 aliphatic rings. The third kappa shape index (κ3) is 7.42. The Balaban J connectivity index is 1.04. The second-order valence-corrected chi connectivity index (χ2v) is 12.5. The Bertz CT molecular complexity index is 2120. The highest BCUT2D eigenvalue weighted by molar-refractivity contribution is 5.81. The first-order valence-electron chi connectivity index (χ1n) is 17.5. The van der Waals surface area contributed by atoms with Crippen LogP contribution in [-0.4, -0.2) is 0 Å². The van der Waals surface area contributed by atoms with Gasteiger partial charge in [-0.15, -0.1) is 0 Å². The van der Waals surface area contributed by atoms with Crippen LogP contribution in [0, 0.1) is 0 Å². The van der Waals surface area contributed by atoms with Crippen molar-refractivity contribution in [1.29, 1.82) is 0 Å². The van der Waals surface area contributed by atoms with Crippen molar-refractivity contribution >= 4 is 56.9 Å². The Kier molecular flexibility index (Phi) is 9.43. The smallest absolute Gasteiger partial charge is 0.0463 e. The first-order chi connectivity index (χ1) is 25.8. The van der Waals surface area contributed by atoms with Crippen LogP contribution in [0.2, 0.25) is 0 Å². The topological polar surface area (TPSA) is 30.5 Å². The van der Waals surface area contributed by atoms with E-state index in [9.17, 15) is 0 Å². The lowest BCUT2D eigenvalue weighted by Gasteiger charge is -2.26. The van der Waals surface area contributed by atoms with Crippen LogP contribution in [0.5, 0.6) is 0 Å². The molecule has 8 aromatic carbocycles. The van der Waals surface area contributed by atoms with Crippen molar-refractivity contribution in [2.45, 2.75) is 0 Å². The zero-order valence-corrected chi connectivity index (χ0v) is 28.7. The number of nitrogens with zero attached hydrogens (tertiary/aromatic N) is 2. The summed E-state index contributed by atoms with van der Waals surface area (Å²) in [5.41, 5.74) is 13.1. The number of nitrogens with one attached hydrogen (secondary N) is 2. The molecule has 0 unspecified atom stereocenters. The summed E-state index contributed by atoms with van der Waals surface area (Å²) in [5, 5.41) is 6.98. The van der Waals surface area contributed by atoms with Crippen LogP contribution in [0.4, 0.5) is 56.9 Å². The van der Waals surface area contributed by atoms with Crippen LogP contribution < -0.4 is 20.4 Å². The lowest BCUT2D eigenvalue weighted by molar-refractivity contribution is 1.28. The first kappa shape index (κ1) is 32.2. The number of hydrogen-bond donors (Lipinski definition) is 2. The highest BCUT2D eigenvalue weighted by Gasteiger charge is 2.15. The van der Waals surface area contributed by atoms with Crippen molar-refractivity contribution in [3.8, 4) is 11.1 Å². The van der Waals surface area contributed by atoms with E-state index in [1.807, 2.05) is 36.4 Å². The van der Waals surface area contributed by atoms with Gasteiger partial charge in [0, 0.05) is 56.9 Å². The SMILES string of the molecule is c1ccc(Nc2ccc(N(c3ccccc3)c3ccc(-c4ccc(N(c5ccccc5)c5ccc(Nc6ccccc6)cc5)cc4)cc3)cc2)cc1. The van der Waals surface area contributed by atoms with E-state index in [0.717, 1.165) is 68.0 Å². The normalized spacial score (nSPS) is 10.7. The fourth-order valence-corrected chi connectivity index (χ4v) is 6.42. The largest absolute Gasteiger partial charge is 0.356 e. The zero-order valence-electron chi connectivity index (χ0n) is 28.7. The summed E-state index contributed by atoms with van der Waals surface area (Å²) in [6.07, 6.45) is 0. The van der Waals surface area contributed by atoms with E-state index in [1.54, 1.807) is 0 Å². The molecule has 250 valence electrons. The monoisotopic (exact) mass is 670 g/mol. The second kappa shape index (κ2) is 15.2. The fraction of sp³-hybridized carbons (Fsp3) is 0. The van der Waals surface area contributed by atoms with E-state index in [0.29, 0.717) is 0 Å². The minimum atomic E-state index is 1.05. The first-order valence-corrected chi connectivity index (χ1v) is 17.5. The number of hydrogen-bond acceptors (Lipinski definition) is 4. The van der Waals surface area contributed by atoms with E-state index in [2.05, 4.69) is 202 Å². The van der Waals surface area contributed by atoms with Crippen molar-refractivity contribution in [1.82, 2.24) is 0 Å². The summed E-state index contributed by atoms with van der Waals surface area (Å²) in [5.74, 6) is 0. The van der Waals surface area contributed by atoms with Crippen molar-refractivity contribution in [2.75, 3.05) is 20.4 Å². The van der Waals surface area contributed by atoms with Gasteiger partial charge in [0.1, 0.15) is 0 Å². The van der Waals surface area contributed by atoms with E-state index in [1.165, 1.54) is 0 Å². The van der Waals surface area contributed by atoms with Gasteiger partial charge in [0.2, 0.25) is 0 Å². The quantitative estimate of drug-likeness (QED) is 0.143. The molecular weight excluding hydrogens is 633 g/mol. The molecule has 8 aromatic rings. The highest BCUT2D eigenvalue weighted by atomic mass is 15.1. The molecule has 4 nitrogen and oxygen atoms in total. The van der Waals surface area contributed by atoms with Gasteiger partial charge in [-0.3, -0.25) is 0 Å². The summed E-state index contributed by atoms with van der Waals surface area (Å²) in [6, 6.07) is 76.3. The van der Waals surface area contributed by atoms with Crippen molar-refractivity contribution in [3.63, 3.8) is 0 Å². The molecule has 0 fully saturated rings. The van der Waals surface area contributed by atoms with Crippen LogP contribution in [0.15, 0.2) is 218 Å². The maximum atomic E-state index is 3.49. The highest BCUT2D eigenvalue weighted by Crippen LogP contribution is 2.38. The average Bonchev–Trinajstić information content (AvgIpc) is 3.22. The summed E-state index contributed by atoms with van der Waals surface area (Å²) < 4.78 is 0. The zero-order chi connectivity index (χ0) is 35.0. The van der Waals surface area contributed by atoms with Gasteiger partial charge in [0.25, 0.3) is 0 Å². The minimum Gasteiger partial charge on any atom is -0.356 e. The molecule has 0 aromatic heterocycles. The van der Waals surface area contributed by atoms with Gasteiger partial charge in [-0.2, -0.15) is 0 Å².